The molecule has 4 nitrogen and oxygen atoms in total. The summed E-state index contributed by atoms with van der Waals surface area (Å²) < 4.78 is 9.36. The molecule has 92 valence electrons. The van der Waals surface area contributed by atoms with Gasteiger partial charge in [0.15, 0.2) is 0 Å². The van der Waals surface area contributed by atoms with Crippen molar-refractivity contribution in [3.8, 4) is 11.1 Å². The van der Waals surface area contributed by atoms with Gasteiger partial charge in [0.25, 0.3) is 0 Å². The molecule has 0 aliphatic heterocycles. The predicted molar refractivity (Wildman–Crippen MR) is 65.7 cm³/mol. The van der Waals surface area contributed by atoms with E-state index in [0.717, 1.165) is 11.1 Å². The molecule has 0 radical (unpaired) electrons. The highest BCUT2D eigenvalue weighted by atomic mass is 16.5. The van der Waals surface area contributed by atoms with E-state index in [1.54, 1.807) is 12.1 Å². The zero-order chi connectivity index (χ0) is 13.1. The zero-order valence-electron chi connectivity index (χ0n) is 10.1. The summed E-state index contributed by atoms with van der Waals surface area (Å²) in [5, 5.41) is 0. The number of hydrogen-bond acceptors (Lipinski definition) is 4. The van der Waals surface area contributed by atoms with Crippen molar-refractivity contribution >= 4 is 11.9 Å². The third-order valence-corrected chi connectivity index (χ3v) is 2.66. The van der Waals surface area contributed by atoms with E-state index in [2.05, 4.69) is 9.47 Å². The number of fused-ring (bicyclic) bond motifs is 1. The molecule has 0 fully saturated rings. The molecule has 2 aliphatic rings. The SMILES string of the molecule is COC(=O)c1cc(C(=O)OC)cc2cccc-2c1. The summed E-state index contributed by atoms with van der Waals surface area (Å²) in [4.78, 5) is 23.2. The van der Waals surface area contributed by atoms with Crippen LogP contribution in [-0.2, 0) is 9.47 Å². The van der Waals surface area contributed by atoms with Crippen molar-refractivity contribution in [2.45, 2.75) is 0 Å². The predicted octanol–water partition coefficient (Wildman–Crippen LogP) is 2.36. The van der Waals surface area contributed by atoms with Crippen LogP contribution in [-0.4, -0.2) is 26.2 Å². The molecule has 0 heterocycles. The van der Waals surface area contributed by atoms with E-state index in [4.69, 9.17) is 0 Å². The van der Waals surface area contributed by atoms with Crippen LogP contribution in [0, 0.1) is 0 Å². The van der Waals surface area contributed by atoms with E-state index in [1.807, 2.05) is 18.2 Å². The Hall–Kier alpha value is -2.36. The fourth-order valence-electron chi connectivity index (χ4n) is 1.77. The highest BCUT2D eigenvalue weighted by Gasteiger charge is 2.14. The highest BCUT2D eigenvalue weighted by molar-refractivity contribution is 5.97. The van der Waals surface area contributed by atoms with Crippen molar-refractivity contribution in [3.63, 3.8) is 0 Å². The average molecular weight is 244 g/mol. The molecule has 0 bridgehead atoms. The second kappa shape index (κ2) is 4.87. The van der Waals surface area contributed by atoms with E-state index >= 15 is 0 Å². The third-order valence-electron chi connectivity index (χ3n) is 2.66. The number of ether oxygens (including phenoxy) is 2. The molecule has 18 heavy (non-hydrogen) atoms. The van der Waals surface area contributed by atoms with Crippen molar-refractivity contribution in [1.29, 1.82) is 0 Å². The molecule has 0 saturated heterocycles. The summed E-state index contributed by atoms with van der Waals surface area (Å²) in [7, 11) is 2.60. The fourth-order valence-corrected chi connectivity index (χ4v) is 1.77. The average Bonchev–Trinajstić information content (AvgIpc) is 2.74. The summed E-state index contributed by atoms with van der Waals surface area (Å²) in [6, 6.07) is 10.4. The number of rotatable bonds is 2. The minimum absolute atomic E-state index is 0.319. The molecule has 0 saturated carbocycles. The lowest BCUT2D eigenvalue weighted by Gasteiger charge is -1.98. The molecule has 4 heteroatoms. The highest BCUT2D eigenvalue weighted by Crippen LogP contribution is 2.25. The van der Waals surface area contributed by atoms with E-state index in [0.29, 0.717) is 11.1 Å². The maximum atomic E-state index is 11.6. The molecule has 0 unspecified atom stereocenters. The summed E-state index contributed by atoms with van der Waals surface area (Å²) >= 11 is 0. The lowest BCUT2D eigenvalue weighted by atomic mass is 10.1. The van der Waals surface area contributed by atoms with Gasteiger partial charge >= 0.3 is 11.9 Å². The number of methoxy groups -OCH3 is 2. The van der Waals surface area contributed by atoms with Crippen molar-refractivity contribution in [1.82, 2.24) is 0 Å². The van der Waals surface area contributed by atoms with E-state index < -0.39 is 11.9 Å². The minimum Gasteiger partial charge on any atom is -0.465 e. The molecule has 2 rings (SSSR count). The summed E-state index contributed by atoms with van der Waals surface area (Å²) in [5.74, 6) is -0.974. The fraction of sp³-hybridized carbons (Fsp3) is 0.143. The Kier molecular flexibility index (Phi) is 3.28. The first kappa shape index (κ1) is 12.1. The topological polar surface area (TPSA) is 52.6 Å². The molecule has 0 spiro atoms. The van der Waals surface area contributed by atoms with Gasteiger partial charge in [-0.3, -0.25) is 0 Å². The van der Waals surface area contributed by atoms with Crippen LogP contribution in [0.2, 0.25) is 0 Å². The third kappa shape index (κ3) is 2.18. The molecule has 0 amide bonds. The van der Waals surface area contributed by atoms with E-state index in [-0.39, 0.29) is 0 Å². The van der Waals surface area contributed by atoms with Gasteiger partial charge in [0.05, 0.1) is 25.3 Å². The van der Waals surface area contributed by atoms with Crippen LogP contribution in [0.3, 0.4) is 0 Å². The Labute approximate surface area is 104 Å². The molecular weight excluding hydrogens is 232 g/mol. The molecule has 0 atom stereocenters. The molecule has 0 N–H and O–H groups in total. The maximum absolute atomic E-state index is 11.6. The van der Waals surface area contributed by atoms with Crippen LogP contribution in [0.4, 0.5) is 0 Å². The largest absolute Gasteiger partial charge is 0.465 e. The maximum Gasteiger partial charge on any atom is 0.337 e. The first-order valence-electron chi connectivity index (χ1n) is 5.36. The standard InChI is InChI=1S/C14H12O4/c1-17-13(15)11-6-9-4-3-5-10(9)7-12(8-11)14(16)18-2/h3-8H,1-2H3. The Morgan fingerprint density at radius 3 is 1.67 bits per heavy atom. The zero-order valence-corrected chi connectivity index (χ0v) is 10.1. The smallest absolute Gasteiger partial charge is 0.337 e. The number of carbonyl (C=O) groups is 2. The van der Waals surface area contributed by atoms with Gasteiger partial charge in [-0.1, -0.05) is 18.2 Å². The van der Waals surface area contributed by atoms with Gasteiger partial charge in [0, 0.05) is 0 Å². The lowest BCUT2D eigenvalue weighted by Crippen LogP contribution is -2.03. The molecule has 0 aromatic rings. The molecular formula is C14H12O4. The van der Waals surface area contributed by atoms with Gasteiger partial charge in [-0.15, -0.1) is 0 Å². The monoisotopic (exact) mass is 244 g/mol. The Bertz CT molecular complexity index is 526. The van der Waals surface area contributed by atoms with E-state index in [9.17, 15) is 9.59 Å². The molecule has 0 aromatic carbocycles. The first-order chi connectivity index (χ1) is 8.65. The number of carbonyl (C=O) groups excluding carboxylic acids is 2. The van der Waals surface area contributed by atoms with E-state index in [1.165, 1.54) is 20.3 Å². The van der Waals surface area contributed by atoms with Crippen LogP contribution < -0.4 is 0 Å². The van der Waals surface area contributed by atoms with Crippen molar-refractivity contribution in [2.75, 3.05) is 14.2 Å². The second-order valence-electron chi connectivity index (χ2n) is 3.76. The van der Waals surface area contributed by atoms with Crippen LogP contribution in [0.1, 0.15) is 20.7 Å². The summed E-state index contributed by atoms with van der Waals surface area (Å²) in [6.07, 6.45) is 0. The normalized spacial score (nSPS) is 10.1. The molecule has 2 aliphatic carbocycles. The Morgan fingerprint density at radius 1 is 0.833 bits per heavy atom. The Morgan fingerprint density at radius 2 is 1.28 bits per heavy atom. The van der Waals surface area contributed by atoms with Crippen LogP contribution in [0.5, 0.6) is 0 Å². The van der Waals surface area contributed by atoms with Gasteiger partial charge in [0.1, 0.15) is 0 Å². The number of esters is 2. The van der Waals surface area contributed by atoms with Gasteiger partial charge in [0.2, 0.25) is 0 Å². The van der Waals surface area contributed by atoms with Crippen LogP contribution in [0.15, 0.2) is 36.4 Å². The van der Waals surface area contributed by atoms with Crippen molar-refractivity contribution in [3.05, 3.63) is 47.5 Å². The van der Waals surface area contributed by atoms with Crippen LogP contribution >= 0.6 is 0 Å². The lowest BCUT2D eigenvalue weighted by molar-refractivity contribution is 0.0600. The van der Waals surface area contributed by atoms with Crippen molar-refractivity contribution in [2.24, 2.45) is 0 Å². The molecule has 0 aromatic heterocycles. The Balaban J connectivity index is 2.64. The van der Waals surface area contributed by atoms with Crippen molar-refractivity contribution < 1.29 is 19.1 Å². The quantitative estimate of drug-likeness (QED) is 0.761. The van der Waals surface area contributed by atoms with Crippen LogP contribution in [0.25, 0.3) is 11.1 Å². The second-order valence-corrected chi connectivity index (χ2v) is 3.76. The van der Waals surface area contributed by atoms with Gasteiger partial charge in [-0.2, -0.15) is 0 Å². The van der Waals surface area contributed by atoms with Gasteiger partial charge in [-0.05, 0) is 29.3 Å². The first-order valence-corrected chi connectivity index (χ1v) is 5.36. The number of hydrogen-bond donors (Lipinski definition) is 0. The van der Waals surface area contributed by atoms with Gasteiger partial charge in [-0.25, -0.2) is 9.59 Å². The summed E-state index contributed by atoms with van der Waals surface area (Å²) in [6.45, 7) is 0. The minimum atomic E-state index is -0.487. The summed E-state index contributed by atoms with van der Waals surface area (Å²) in [5.41, 5.74) is 2.37. The van der Waals surface area contributed by atoms with Gasteiger partial charge < -0.3 is 9.47 Å².